The highest BCUT2D eigenvalue weighted by Crippen LogP contribution is 2.41. The van der Waals surface area contributed by atoms with Crippen LogP contribution in [0, 0.1) is 11.2 Å². The lowest BCUT2D eigenvalue weighted by molar-refractivity contribution is -0.123. The molecule has 0 radical (unpaired) electrons. The number of hydrogen-bond acceptors (Lipinski definition) is 4. The molecule has 1 atom stereocenters. The van der Waals surface area contributed by atoms with Gasteiger partial charge in [0.1, 0.15) is 17.5 Å². The van der Waals surface area contributed by atoms with E-state index in [1.54, 1.807) is 23.0 Å². The average molecular weight is 430 g/mol. The Morgan fingerprint density at radius 2 is 2.13 bits per heavy atom. The molecule has 9 heteroatoms. The average Bonchev–Trinajstić information content (AvgIpc) is 3.07. The molecule has 2 heterocycles. The molecule has 1 aromatic carbocycles. The van der Waals surface area contributed by atoms with Crippen LogP contribution in [0.4, 0.5) is 4.39 Å². The Morgan fingerprint density at radius 3 is 2.90 bits per heavy atom. The summed E-state index contributed by atoms with van der Waals surface area (Å²) in [6.45, 7) is 3.99. The first-order chi connectivity index (χ1) is 14.2. The molecule has 1 aliphatic rings. The predicted molar refractivity (Wildman–Crippen MR) is 110 cm³/mol. The Balaban J connectivity index is 1.62. The van der Waals surface area contributed by atoms with E-state index in [1.807, 2.05) is 0 Å². The van der Waals surface area contributed by atoms with Crippen molar-refractivity contribution in [2.75, 3.05) is 0 Å². The van der Waals surface area contributed by atoms with Crippen LogP contribution in [0.2, 0.25) is 5.15 Å². The SMILES string of the molecule is CC1(C)Cc2c(cnn2-c2cccc(F)c2)[C@H](NC(=O)Cn2nc(Cl)ccc2=O)C1. The second-order valence-corrected chi connectivity index (χ2v) is 8.64. The minimum atomic E-state index is -0.405. The summed E-state index contributed by atoms with van der Waals surface area (Å²) in [4.78, 5) is 24.6. The summed E-state index contributed by atoms with van der Waals surface area (Å²) >= 11 is 5.83. The lowest BCUT2D eigenvalue weighted by Gasteiger charge is -2.36. The Kier molecular flexibility index (Phi) is 5.19. The Bertz CT molecular complexity index is 1170. The van der Waals surface area contributed by atoms with E-state index < -0.39 is 5.56 Å². The smallest absolute Gasteiger partial charge is 0.267 e. The standard InChI is InChI=1S/C21H21ClFN5O2/c1-21(2)9-16(25-19(29)12-27-20(30)7-6-18(22)26-27)15-11-24-28(17(15)10-21)14-5-3-4-13(23)8-14/h3-8,11,16H,9-10,12H2,1-2H3,(H,25,29)/t16-/m1/s1. The Morgan fingerprint density at radius 1 is 1.33 bits per heavy atom. The number of benzene rings is 1. The van der Waals surface area contributed by atoms with Crippen molar-refractivity contribution in [3.05, 3.63) is 75.2 Å². The van der Waals surface area contributed by atoms with Gasteiger partial charge in [0.25, 0.3) is 5.56 Å². The third kappa shape index (κ3) is 4.14. The summed E-state index contributed by atoms with van der Waals surface area (Å²) < 4.78 is 16.5. The van der Waals surface area contributed by atoms with Crippen molar-refractivity contribution in [1.82, 2.24) is 24.9 Å². The van der Waals surface area contributed by atoms with Crippen LogP contribution in [0.5, 0.6) is 0 Å². The summed E-state index contributed by atoms with van der Waals surface area (Å²) in [5.41, 5.74) is 1.94. The fourth-order valence-electron chi connectivity index (χ4n) is 3.91. The number of hydrogen-bond donors (Lipinski definition) is 1. The molecule has 0 saturated heterocycles. The molecule has 3 aromatic rings. The van der Waals surface area contributed by atoms with Crippen LogP contribution in [0.15, 0.2) is 47.4 Å². The molecule has 156 valence electrons. The third-order valence-electron chi connectivity index (χ3n) is 5.19. The van der Waals surface area contributed by atoms with Gasteiger partial charge in [-0.15, -0.1) is 0 Å². The van der Waals surface area contributed by atoms with Gasteiger partial charge in [0.2, 0.25) is 5.91 Å². The van der Waals surface area contributed by atoms with Crippen molar-refractivity contribution in [2.24, 2.45) is 5.41 Å². The van der Waals surface area contributed by atoms with E-state index in [4.69, 9.17) is 11.6 Å². The quantitative estimate of drug-likeness (QED) is 0.691. The molecule has 7 nitrogen and oxygen atoms in total. The van der Waals surface area contributed by atoms with Crippen LogP contribution in [0.25, 0.3) is 5.69 Å². The van der Waals surface area contributed by atoms with E-state index >= 15 is 0 Å². The highest BCUT2D eigenvalue weighted by molar-refractivity contribution is 6.29. The molecular formula is C21H21ClFN5O2. The molecule has 0 saturated carbocycles. The van der Waals surface area contributed by atoms with E-state index in [0.29, 0.717) is 12.1 Å². The summed E-state index contributed by atoms with van der Waals surface area (Å²) in [5, 5.41) is 11.5. The maximum absolute atomic E-state index is 13.7. The molecular weight excluding hydrogens is 409 g/mol. The molecule has 1 N–H and O–H groups in total. The lowest BCUT2D eigenvalue weighted by atomic mass is 9.74. The molecule has 30 heavy (non-hydrogen) atoms. The fourth-order valence-corrected chi connectivity index (χ4v) is 4.07. The second kappa shape index (κ2) is 7.68. The zero-order valence-electron chi connectivity index (χ0n) is 16.6. The van der Waals surface area contributed by atoms with Crippen molar-refractivity contribution in [3.8, 4) is 5.69 Å². The van der Waals surface area contributed by atoms with E-state index in [0.717, 1.165) is 22.4 Å². The fraction of sp³-hybridized carbons (Fsp3) is 0.333. The number of nitrogens with zero attached hydrogens (tertiary/aromatic N) is 4. The largest absolute Gasteiger partial charge is 0.348 e. The van der Waals surface area contributed by atoms with E-state index in [2.05, 4.69) is 29.4 Å². The summed E-state index contributed by atoms with van der Waals surface area (Å²) in [5.74, 6) is -0.685. The minimum Gasteiger partial charge on any atom is -0.348 e. The number of rotatable bonds is 4. The van der Waals surface area contributed by atoms with Crippen molar-refractivity contribution in [1.29, 1.82) is 0 Å². The van der Waals surface area contributed by atoms with E-state index in [9.17, 15) is 14.0 Å². The first-order valence-corrected chi connectivity index (χ1v) is 9.95. The number of carbonyl (C=O) groups is 1. The van der Waals surface area contributed by atoms with Gasteiger partial charge < -0.3 is 5.32 Å². The third-order valence-corrected chi connectivity index (χ3v) is 5.40. The number of amides is 1. The van der Waals surface area contributed by atoms with Crippen LogP contribution >= 0.6 is 11.6 Å². The van der Waals surface area contributed by atoms with Crippen molar-refractivity contribution < 1.29 is 9.18 Å². The highest BCUT2D eigenvalue weighted by atomic mass is 35.5. The van der Waals surface area contributed by atoms with Gasteiger partial charge in [-0.1, -0.05) is 31.5 Å². The molecule has 2 aromatic heterocycles. The first kappa shape index (κ1) is 20.3. The number of halogens is 2. The van der Waals surface area contributed by atoms with Crippen LogP contribution in [-0.4, -0.2) is 25.5 Å². The predicted octanol–water partition coefficient (Wildman–Crippen LogP) is 3.05. The topological polar surface area (TPSA) is 81.8 Å². The molecule has 0 unspecified atom stereocenters. The van der Waals surface area contributed by atoms with E-state index in [-0.39, 0.29) is 34.9 Å². The Labute approximate surface area is 177 Å². The molecule has 0 fully saturated rings. The number of nitrogens with one attached hydrogen (secondary N) is 1. The van der Waals surface area contributed by atoms with Crippen LogP contribution in [-0.2, 0) is 17.8 Å². The maximum atomic E-state index is 13.7. The van der Waals surface area contributed by atoms with Gasteiger partial charge in [0.15, 0.2) is 0 Å². The van der Waals surface area contributed by atoms with Crippen molar-refractivity contribution >= 4 is 17.5 Å². The summed E-state index contributed by atoms with van der Waals surface area (Å²) in [6, 6.07) is 8.62. The minimum absolute atomic E-state index is 0.110. The molecule has 0 bridgehead atoms. The maximum Gasteiger partial charge on any atom is 0.267 e. The van der Waals surface area contributed by atoms with Gasteiger partial charge in [0.05, 0.1) is 23.6 Å². The van der Waals surface area contributed by atoms with Gasteiger partial charge in [-0.05, 0) is 42.5 Å². The zero-order chi connectivity index (χ0) is 21.5. The number of carbonyl (C=O) groups excluding carboxylic acids is 1. The van der Waals surface area contributed by atoms with Crippen LogP contribution in [0.1, 0.15) is 37.6 Å². The number of fused-ring (bicyclic) bond motifs is 1. The zero-order valence-corrected chi connectivity index (χ0v) is 17.4. The van der Waals surface area contributed by atoms with Gasteiger partial charge >= 0.3 is 0 Å². The van der Waals surface area contributed by atoms with Gasteiger partial charge in [0, 0.05) is 11.6 Å². The number of aromatic nitrogens is 4. The summed E-state index contributed by atoms with van der Waals surface area (Å²) in [6.07, 6.45) is 3.16. The molecule has 0 aliphatic heterocycles. The first-order valence-electron chi connectivity index (χ1n) is 9.58. The van der Waals surface area contributed by atoms with Crippen LogP contribution in [0.3, 0.4) is 0 Å². The van der Waals surface area contributed by atoms with Crippen molar-refractivity contribution in [2.45, 2.75) is 39.3 Å². The van der Waals surface area contributed by atoms with Gasteiger partial charge in [-0.2, -0.15) is 10.2 Å². The Hall–Kier alpha value is -3.00. The van der Waals surface area contributed by atoms with Gasteiger partial charge in [-0.25, -0.2) is 13.8 Å². The molecule has 1 aliphatic carbocycles. The van der Waals surface area contributed by atoms with E-state index in [1.165, 1.54) is 24.3 Å². The highest BCUT2D eigenvalue weighted by Gasteiger charge is 2.36. The monoisotopic (exact) mass is 429 g/mol. The normalized spacial score (nSPS) is 17.4. The molecule has 1 amide bonds. The van der Waals surface area contributed by atoms with Crippen LogP contribution < -0.4 is 10.9 Å². The molecule has 0 spiro atoms. The molecule has 4 rings (SSSR count). The lowest BCUT2D eigenvalue weighted by Crippen LogP contribution is -2.39. The summed E-state index contributed by atoms with van der Waals surface area (Å²) in [7, 11) is 0. The van der Waals surface area contributed by atoms with Gasteiger partial charge in [-0.3, -0.25) is 9.59 Å². The second-order valence-electron chi connectivity index (χ2n) is 8.26. The van der Waals surface area contributed by atoms with Crippen molar-refractivity contribution in [3.63, 3.8) is 0 Å².